The highest BCUT2D eigenvalue weighted by molar-refractivity contribution is 6.30. The zero-order valence-corrected chi connectivity index (χ0v) is 11.5. The number of benzene rings is 1. The molecule has 1 N–H and O–H groups in total. The van der Waals surface area contributed by atoms with E-state index in [2.05, 4.69) is 6.07 Å². The number of nitriles is 1. The fraction of sp³-hybridized carbons (Fsp3) is 0.500. The normalized spacial score (nSPS) is 11.1. The highest BCUT2D eigenvalue weighted by Gasteiger charge is 2.15. The molecule has 1 rings (SSSR count). The largest absolute Gasteiger partial charge is 0.493 e. The first kappa shape index (κ1) is 14.8. The van der Waals surface area contributed by atoms with Crippen LogP contribution in [-0.2, 0) is 6.61 Å². The number of rotatable bonds is 6. The van der Waals surface area contributed by atoms with E-state index in [1.165, 1.54) is 0 Å². The molecule has 3 nitrogen and oxygen atoms in total. The molecule has 0 amide bonds. The maximum Gasteiger partial charge on any atom is 0.124 e. The van der Waals surface area contributed by atoms with Crippen LogP contribution < -0.4 is 4.74 Å². The summed E-state index contributed by atoms with van der Waals surface area (Å²) in [5.74, 6) is 0.650. The number of hydrogen-bond acceptors (Lipinski definition) is 3. The molecule has 0 aliphatic rings. The van der Waals surface area contributed by atoms with Crippen molar-refractivity contribution in [1.82, 2.24) is 0 Å². The molecule has 0 aliphatic heterocycles. The van der Waals surface area contributed by atoms with Gasteiger partial charge in [0.2, 0.25) is 0 Å². The van der Waals surface area contributed by atoms with Crippen LogP contribution in [0.3, 0.4) is 0 Å². The van der Waals surface area contributed by atoms with Crippen LogP contribution in [0.1, 0.15) is 32.3 Å². The molecule has 0 atom stereocenters. The van der Waals surface area contributed by atoms with Gasteiger partial charge in [-0.25, -0.2) is 0 Å². The first-order valence-electron chi connectivity index (χ1n) is 5.92. The third kappa shape index (κ3) is 4.56. The molecule has 0 radical (unpaired) electrons. The lowest BCUT2D eigenvalue weighted by Crippen LogP contribution is -2.10. The van der Waals surface area contributed by atoms with Gasteiger partial charge < -0.3 is 9.84 Å². The second-order valence-electron chi connectivity index (χ2n) is 4.86. The van der Waals surface area contributed by atoms with Gasteiger partial charge in [0.1, 0.15) is 5.75 Å². The first-order chi connectivity index (χ1) is 8.48. The Bertz CT molecular complexity index is 438. The maximum absolute atomic E-state index is 9.19. The Hall–Kier alpha value is -1.24. The summed E-state index contributed by atoms with van der Waals surface area (Å²) in [5, 5.41) is 18.7. The summed E-state index contributed by atoms with van der Waals surface area (Å²) in [6.07, 6.45) is 1.58. The van der Waals surface area contributed by atoms with Gasteiger partial charge in [-0.2, -0.15) is 5.26 Å². The van der Waals surface area contributed by atoms with Crippen molar-refractivity contribution in [1.29, 1.82) is 5.26 Å². The standard InChI is InChI=1S/C14H18ClNO2/c1-14(2,10-16)6-3-7-18-13-5-4-12(15)8-11(13)9-17/h4-5,8,17H,3,6-7,9H2,1-2H3. The molecule has 98 valence electrons. The summed E-state index contributed by atoms with van der Waals surface area (Å²) in [4.78, 5) is 0. The second-order valence-corrected chi connectivity index (χ2v) is 5.29. The van der Waals surface area contributed by atoms with Crippen LogP contribution in [0, 0.1) is 16.7 Å². The quantitative estimate of drug-likeness (QED) is 0.802. The Morgan fingerprint density at radius 1 is 1.44 bits per heavy atom. The van der Waals surface area contributed by atoms with Gasteiger partial charge in [-0.05, 0) is 44.9 Å². The summed E-state index contributed by atoms with van der Waals surface area (Å²) in [5.41, 5.74) is 0.366. The molecule has 4 heteroatoms. The number of aliphatic hydroxyl groups excluding tert-OH is 1. The third-order valence-electron chi connectivity index (χ3n) is 2.70. The van der Waals surface area contributed by atoms with E-state index in [-0.39, 0.29) is 12.0 Å². The predicted molar refractivity (Wildman–Crippen MR) is 71.5 cm³/mol. The number of halogens is 1. The summed E-state index contributed by atoms with van der Waals surface area (Å²) in [6, 6.07) is 7.43. The molecule has 18 heavy (non-hydrogen) atoms. The van der Waals surface area contributed by atoms with E-state index in [1.807, 2.05) is 13.8 Å². The Labute approximate surface area is 113 Å². The van der Waals surface area contributed by atoms with Crippen LogP contribution in [0.2, 0.25) is 5.02 Å². The first-order valence-corrected chi connectivity index (χ1v) is 6.29. The molecule has 1 aromatic carbocycles. The molecule has 0 saturated heterocycles. The van der Waals surface area contributed by atoms with E-state index in [9.17, 15) is 5.11 Å². The van der Waals surface area contributed by atoms with Crippen molar-refractivity contribution in [2.75, 3.05) is 6.61 Å². The van der Waals surface area contributed by atoms with Gasteiger partial charge >= 0.3 is 0 Å². The van der Waals surface area contributed by atoms with E-state index in [0.29, 0.717) is 22.9 Å². The molecular weight excluding hydrogens is 250 g/mol. The highest BCUT2D eigenvalue weighted by Crippen LogP contribution is 2.24. The van der Waals surface area contributed by atoms with Crippen LogP contribution in [0.4, 0.5) is 0 Å². The highest BCUT2D eigenvalue weighted by atomic mass is 35.5. The summed E-state index contributed by atoms with van der Waals surface area (Å²) >= 11 is 5.83. The number of nitrogens with zero attached hydrogens (tertiary/aromatic N) is 1. The van der Waals surface area contributed by atoms with E-state index in [0.717, 1.165) is 12.8 Å². The van der Waals surface area contributed by atoms with Gasteiger partial charge in [0.15, 0.2) is 0 Å². The fourth-order valence-electron chi connectivity index (χ4n) is 1.56. The molecule has 0 spiro atoms. The molecule has 0 aromatic heterocycles. The topological polar surface area (TPSA) is 53.2 Å². The van der Waals surface area contributed by atoms with Gasteiger partial charge in [0.05, 0.1) is 24.7 Å². The average Bonchev–Trinajstić information content (AvgIpc) is 2.36. The van der Waals surface area contributed by atoms with Crippen molar-refractivity contribution < 1.29 is 9.84 Å². The number of aliphatic hydroxyl groups is 1. The van der Waals surface area contributed by atoms with Crippen LogP contribution in [-0.4, -0.2) is 11.7 Å². The van der Waals surface area contributed by atoms with Gasteiger partial charge in [0.25, 0.3) is 0 Å². The summed E-state index contributed by atoms with van der Waals surface area (Å²) in [7, 11) is 0. The molecule has 0 unspecified atom stereocenters. The Balaban J connectivity index is 2.47. The van der Waals surface area contributed by atoms with Crippen LogP contribution in [0.15, 0.2) is 18.2 Å². The van der Waals surface area contributed by atoms with E-state index in [1.54, 1.807) is 18.2 Å². The van der Waals surface area contributed by atoms with Gasteiger partial charge in [-0.15, -0.1) is 0 Å². The van der Waals surface area contributed by atoms with Gasteiger partial charge in [0, 0.05) is 10.6 Å². The van der Waals surface area contributed by atoms with Crippen molar-refractivity contribution in [3.05, 3.63) is 28.8 Å². The lowest BCUT2D eigenvalue weighted by atomic mass is 9.90. The minimum absolute atomic E-state index is 0.0976. The van der Waals surface area contributed by atoms with Crippen molar-refractivity contribution >= 4 is 11.6 Å². The van der Waals surface area contributed by atoms with Gasteiger partial charge in [-0.1, -0.05) is 11.6 Å². The average molecular weight is 268 g/mol. The minimum Gasteiger partial charge on any atom is -0.493 e. The van der Waals surface area contributed by atoms with E-state index in [4.69, 9.17) is 21.6 Å². The zero-order valence-electron chi connectivity index (χ0n) is 10.7. The van der Waals surface area contributed by atoms with Crippen LogP contribution in [0.5, 0.6) is 5.75 Å². The number of ether oxygens (including phenoxy) is 1. The van der Waals surface area contributed by atoms with Crippen molar-refractivity contribution in [2.24, 2.45) is 5.41 Å². The molecule has 1 aromatic rings. The molecule has 0 aliphatic carbocycles. The monoisotopic (exact) mass is 267 g/mol. The molecular formula is C14H18ClNO2. The zero-order chi connectivity index (χ0) is 13.6. The van der Waals surface area contributed by atoms with Crippen LogP contribution in [0.25, 0.3) is 0 Å². The summed E-state index contributed by atoms with van der Waals surface area (Å²) in [6.45, 7) is 4.25. The Morgan fingerprint density at radius 3 is 2.78 bits per heavy atom. The molecule has 0 saturated carbocycles. The summed E-state index contributed by atoms with van der Waals surface area (Å²) < 4.78 is 5.59. The smallest absolute Gasteiger partial charge is 0.124 e. The van der Waals surface area contributed by atoms with Crippen molar-refractivity contribution in [2.45, 2.75) is 33.3 Å². The SMILES string of the molecule is CC(C)(C#N)CCCOc1ccc(Cl)cc1CO. The maximum atomic E-state index is 9.19. The van der Waals surface area contributed by atoms with Gasteiger partial charge in [-0.3, -0.25) is 0 Å². The third-order valence-corrected chi connectivity index (χ3v) is 2.93. The van der Waals surface area contributed by atoms with E-state index < -0.39 is 0 Å². The van der Waals surface area contributed by atoms with Crippen molar-refractivity contribution in [3.8, 4) is 11.8 Å². The second kappa shape index (κ2) is 6.63. The van der Waals surface area contributed by atoms with Crippen molar-refractivity contribution in [3.63, 3.8) is 0 Å². The molecule has 0 heterocycles. The Morgan fingerprint density at radius 2 is 2.17 bits per heavy atom. The van der Waals surface area contributed by atoms with Crippen LogP contribution >= 0.6 is 11.6 Å². The lowest BCUT2D eigenvalue weighted by Gasteiger charge is -2.15. The Kier molecular flexibility index (Phi) is 5.46. The number of hydrogen-bond donors (Lipinski definition) is 1. The lowest BCUT2D eigenvalue weighted by molar-refractivity contribution is 0.254. The van der Waals surface area contributed by atoms with E-state index >= 15 is 0 Å². The fourth-order valence-corrected chi connectivity index (χ4v) is 1.76. The molecule has 0 fully saturated rings. The minimum atomic E-state index is -0.316. The predicted octanol–water partition coefficient (Wildman–Crippen LogP) is 3.54. The molecule has 0 bridgehead atoms.